The van der Waals surface area contributed by atoms with Crippen LogP contribution < -0.4 is 4.74 Å². The maximum absolute atomic E-state index is 13.6. The van der Waals surface area contributed by atoms with Crippen molar-refractivity contribution in [2.75, 3.05) is 0 Å². The summed E-state index contributed by atoms with van der Waals surface area (Å²) in [4.78, 5) is 0. The minimum atomic E-state index is -2.54. The second-order valence-electron chi connectivity index (χ2n) is 7.57. The van der Waals surface area contributed by atoms with Crippen molar-refractivity contribution in [3.63, 3.8) is 0 Å². The molecule has 4 rings (SSSR count). The second kappa shape index (κ2) is 7.08. The number of fused-ring (bicyclic) bond motifs is 1. The zero-order valence-corrected chi connectivity index (χ0v) is 17.5. The summed E-state index contributed by atoms with van der Waals surface area (Å²) in [5.41, 5.74) is 3.22. The Kier molecular flexibility index (Phi) is 4.91. The lowest BCUT2D eigenvalue weighted by atomic mass is 9.87. The Balaban J connectivity index is 1.76. The molecule has 1 aliphatic carbocycles. The smallest absolute Gasteiger partial charge is 0.252 e. The third-order valence-electron chi connectivity index (χ3n) is 5.19. The van der Waals surface area contributed by atoms with E-state index >= 15 is 0 Å². The van der Waals surface area contributed by atoms with Gasteiger partial charge in [-0.1, -0.05) is 50.2 Å². The first-order chi connectivity index (χ1) is 12.9. The summed E-state index contributed by atoms with van der Waals surface area (Å²) in [6, 6.07) is 15.8. The molecule has 0 aliphatic heterocycles. The molecule has 0 spiro atoms. The van der Waals surface area contributed by atoms with Gasteiger partial charge in [0.25, 0.3) is 5.92 Å². The van der Waals surface area contributed by atoms with Gasteiger partial charge in [-0.3, -0.25) is 0 Å². The van der Waals surface area contributed by atoms with E-state index < -0.39 is 5.92 Å². The van der Waals surface area contributed by atoms with Gasteiger partial charge in [0.15, 0.2) is 0 Å². The molecule has 0 unspecified atom stereocenters. The van der Waals surface area contributed by atoms with E-state index in [0.29, 0.717) is 6.61 Å². The maximum Gasteiger partial charge on any atom is 0.252 e. The highest BCUT2D eigenvalue weighted by Crippen LogP contribution is 2.50. The Hall–Kier alpha value is -1.63. The van der Waals surface area contributed by atoms with E-state index in [9.17, 15) is 8.78 Å². The number of aromatic nitrogens is 1. The summed E-state index contributed by atoms with van der Waals surface area (Å²) in [5.74, 6) is -1.48. The van der Waals surface area contributed by atoms with Gasteiger partial charge < -0.3 is 9.30 Å². The summed E-state index contributed by atoms with van der Waals surface area (Å²) in [6.45, 7) is 4.72. The van der Waals surface area contributed by atoms with Crippen LogP contribution in [0.25, 0.3) is 10.9 Å². The van der Waals surface area contributed by atoms with Gasteiger partial charge in [-0.2, -0.15) is 0 Å². The molecule has 3 aromatic rings. The zero-order valence-electron chi connectivity index (χ0n) is 15.4. The van der Waals surface area contributed by atoms with Gasteiger partial charge in [0, 0.05) is 28.1 Å². The van der Waals surface area contributed by atoms with Crippen LogP contribution in [0.3, 0.4) is 0 Å². The molecule has 0 radical (unpaired) electrons. The molecular formula is C22H22F2INO. The average Bonchev–Trinajstić information content (AvgIpc) is 2.92. The monoisotopic (exact) mass is 481 g/mol. The third kappa shape index (κ3) is 3.46. The molecule has 1 aliphatic rings. The van der Waals surface area contributed by atoms with Crippen molar-refractivity contribution in [3.8, 4) is 5.75 Å². The number of nitrogens with zero attached hydrogens (tertiary/aromatic N) is 1. The van der Waals surface area contributed by atoms with Crippen LogP contribution in [-0.4, -0.2) is 10.5 Å². The third-order valence-corrected chi connectivity index (χ3v) is 6.28. The minimum absolute atomic E-state index is 0.0817. The van der Waals surface area contributed by atoms with Gasteiger partial charge in [-0.25, -0.2) is 8.78 Å². The van der Waals surface area contributed by atoms with Crippen LogP contribution in [0.2, 0.25) is 0 Å². The van der Waals surface area contributed by atoms with E-state index in [-0.39, 0.29) is 24.8 Å². The Morgan fingerprint density at radius 1 is 1.11 bits per heavy atom. The molecule has 2 nitrogen and oxygen atoms in total. The summed E-state index contributed by atoms with van der Waals surface area (Å²) in [6.07, 6.45) is -0.163. The Morgan fingerprint density at radius 3 is 2.44 bits per heavy atom. The van der Waals surface area contributed by atoms with Crippen molar-refractivity contribution in [3.05, 3.63) is 63.4 Å². The normalized spacial score (nSPS) is 16.7. The van der Waals surface area contributed by atoms with E-state index in [1.165, 1.54) is 0 Å². The first-order valence-electron chi connectivity index (χ1n) is 9.24. The molecule has 1 saturated carbocycles. The number of benzene rings is 2. The molecule has 0 N–H and O–H groups in total. The highest BCUT2D eigenvalue weighted by molar-refractivity contribution is 14.1. The lowest BCUT2D eigenvalue weighted by molar-refractivity contribution is -0.103. The Labute approximate surface area is 171 Å². The van der Waals surface area contributed by atoms with Crippen molar-refractivity contribution < 1.29 is 13.5 Å². The van der Waals surface area contributed by atoms with E-state index in [4.69, 9.17) is 4.74 Å². The molecule has 5 heteroatoms. The van der Waals surface area contributed by atoms with Crippen LogP contribution in [-0.2, 0) is 6.61 Å². The molecule has 0 bridgehead atoms. The molecule has 142 valence electrons. The minimum Gasteiger partial charge on any atom is -0.488 e. The summed E-state index contributed by atoms with van der Waals surface area (Å²) in [7, 11) is 0. The molecule has 27 heavy (non-hydrogen) atoms. The molecule has 2 aromatic carbocycles. The fourth-order valence-electron chi connectivity index (χ4n) is 3.90. The standard InChI is InChI=1S/C22H22F2INO/c1-14(2)21-20(25)19-17(26(21)16-11-22(23,24)12-16)9-6-10-18(19)27-13-15-7-4-3-5-8-15/h3-10,14,16H,11-13H2,1-2H3. The van der Waals surface area contributed by atoms with Crippen molar-refractivity contribution in [1.29, 1.82) is 0 Å². The SMILES string of the molecule is CC(C)c1c(I)c2c(OCc3ccccc3)cccc2n1C1CC(F)(F)C1. The van der Waals surface area contributed by atoms with Gasteiger partial charge in [0.1, 0.15) is 12.4 Å². The van der Waals surface area contributed by atoms with Gasteiger partial charge in [-0.05, 0) is 46.2 Å². The number of halogens is 3. The fourth-order valence-corrected chi connectivity index (χ4v) is 5.32. The van der Waals surface area contributed by atoms with Crippen LogP contribution in [0.4, 0.5) is 8.78 Å². The molecular weight excluding hydrogens is 459 g/mol. The van der Waals surface area contributed by atoms with Gasteiger partial charge in [-0.15, -0.1) is 0 Å². The molecule has 0 atom stereocenters. The number of ether oxygens (including phenoxy) is 1. The zero-order chi connectivity index (χ0) is 19.2. The highest BCUT2D eigenvalue weighted by atomic mass is 127. The summed E-state index contributed by atoms with van der Waals surface area (Å²) >= 11 is 2.35. The Bertz CT molecular complexity index is 957. The predicted octanol–water partition coefficient (Wildman–Crippen LogP) is 6.92. The molecule has 1 heterocycles. The van der Waals surface area contributed by atoms with Crippen molar-refractivity contribution >= 4 is 33.5 Å². The molecule has 1 aromatic heterocycles. The number of rotatable bonds is 5. The van der Waals surface area contributed by atoms with Crippen LogP contribution in [0.15, 0.2) is 48.5 Å². The van der Waals surface area contributed by atoms with Crippen molar-refractivity contribution in [1.82, 2.24) is 4.57 Å². The summed E-state index contributed by atoms with van der Waals surface area (Å²) < 4.78 is 36.5. The lowest BCUT2D eigenvalue weighted by Crippen LogP contribution is -2.37. The number of hydrogen-bond acceptors (Lipinski definition) is 1. The van der Waals surface area contributed by atoms with E-state index in [1.807, 2.05) is 48.5 Å². The first-order valence-corrected chi connectivity index (χ1v) is 10.3. The summed E-state index contributed by atoms with van der Waals surface area (Å²) in [5, 5.41) is 1.04. The molecule has 0 saturated heterocycles. The first kappa shape index (κ1) is 18.7. The topological polar surface area (TPSA) is 14.2 Å². The molecule has 0 amide bonds. The molecule has 1 fully saturated rings. The van der Waals surface area contributed by atoms with Gasteiger partial charge in [0.05, 0.1) is 10.9 Å². The van der Waals surface area contributed by atoms with Crippen molar-refractivity contribution in [2.24, 2.45) is 0 Å². The lowest BCUT2D eigenvalue weighted by Gasteiger charge is -2.38. The second-order valence-corrected chi connectivity index (χ2v) is 8.65. The van der Waals surface area contributed by atoms with Crippen LogP contribution >= 0.6 is 22.6 Å². The fraction of sp³-hybridized carbons (Fsp3) is 0.364. The van der Waals surface area contributed by atoms with E-state index in [2.05, 4.69) is 41.0 Å². The predicted molar refractivity (Wildman–Crippen MR) is 113 cm³/mol. The highest BCUT2D eigenvalue weighted by Gasteiger charge is 2.47. The maximum atomic E-state index is 13.6. The van der Waals surface area contributed by atoms with E-state index in [0.717, 1.165) is 31.5 Å². The van der Waals surface area contributed by atoms with Gasteiger partial charge >= 0.3 is 0 Å². The van der Waals surface area contributed by atoms with E-state index in [1.54, 1.807) is 0 Å². The Morgan fingerprint density at radius 2 is 1.81 bits per heavy atom. The van der Waals surface area contributed by atoms with Gasteiger partial charge in [0.2, 0.25) is 0 Å². The number of hydrogen-bond donors (Lipinski definition) is 0. The van der Waals surface area contributed by atoms with Crippen LogP contribution in [0.5, 0.6) is 5.75 Å². The van der Waals surface area contributed by atoms with Crippen LogP contribution in [0, 0.1) is 3.57 Å². The van der Waals surface area contributed by atoms with Crippen molar-refractivity contribution in [2.45, 2.75) is 51.2 Å². The largest absolute Gasteiger partial charge is 0.488 e. The average molecular weight is 481 g/mol. The quantitative estimate of drug-likeness (QED) is 0.361. The van der Waals surface area contributed by atoms with Crippen LogP contribution in [0.1, 0.15) is 49.9 Å². The number of alkyl halides is 2.